The molecular formula is C18H38N2O. The van der Waals surface area contributed by atoms with Crippen molar-refractivity contribution in [3.8, 4) is 0 Å². The van der Waals surface area contributed by atoms with E-state index in [-0.39, 0.29) is 0 Å². The fraction of sp³-hybridized carbons (Fsp3) is 1.00. The van der Waals surface area contributed by atoms with E-state index in [1.807, 2.05) is 7.11 Å². The summed E-state index contributed by atoms with van der Waals surface area (Å²) in [5.41, 5.74) is 0.418. The summed E-state index contributed by atoms with van der Waals surface area (Å²) in [6.45, 7) is 14.9. The lowest BCUT2D eigenvalue weighted by molar-refractivity contribution is 0.0375. The molecule has 0 amide bonds. The molecule has 0 heterocycles. The molecule has 0 bridgehead atoms. The van der Waals surface area contributed by atoms with E-state index in [9.17, 15) is 0 Å². The molecule has 3 unspecified atom stereocenters. The molecule has 0 aromatic rings. The molecule has 1 aliphatic rings. The predicted octanol–water partition coefficient (Wildman–Crippen LogP) is 3.39. The maximum atomic E-state index is 5.35. The average molecular weight is 299 g/mol. The molecule has 3 atom stereocenters. The van der Waals surface area contributed by atoms with Gasteiger partial charge in [0.25, 0.3) is 0 Å². The summed E-state index contributed by atoms with van der Waals surface area (Å²) >= 11 is 0. The monoisotopic (exact) mass is 298 g/mol. The van der Waals surface area contributed by atoms with Crippen molar-refractivity contribution in [2.75, 3.05) is 33.9 Å². The molecule has 1 fully saturated rings. The Kier molecular flexibility index (Phi) is 7.66. The number of ether oxygens (including phenoxy) is 1. The number of rotatable bonds is 7. The van der Waals surface area contributed by atoms with E-state index in [1.54, 1.807) is 0 Å². The second-order valence-electron chi connectivity index (χ2n) is 8.22. The van der Waals surface area contributed by atoms with E-state index in [0.29, 0.717) is 23.4 Å². The highest BCUT2D eigenvalue weighted by Crippen LogP contribution is 2.39. The van der Waals surface area contributed by atoms with Gasteiger partial charge >= 0.3 is 0 Å². The van der Waals surface area contributed by atoms with Gasteiger partial charge in [-0.1, -0.05) is 34.6 Å². The van der Waals surface area contributed by atoms with Crippen LogP contribution in [0.5, 0.6) is 0 Å². The average Bonchev–Trinajstić information content (AvgIpc) is 2.41. The van der Waals surface area contributed by atoms with Gasteiger partial charge in [-0.2, -0.15) is 0 Å². The number of nitrogens with one attached hydrogen (secondary N) is 1. The standard InChI is InChI=1S/C18H38N2O/c1-14(2)13-20(10-11-21-7)17-12-15(18(3,4)5)8-9-16(17)19-6/h14-17,19H,8-13H2,1-7H3. The van der Waals surface area contributed by atoms with Crippen LogP contribution in [0.1, 0.15) is 53.9 Å². The summed E-state index contributed by atoms with van der Waals surface area (Å²) in [5.74, 6) is 1.53. The van der Waals surface area contributed by atoms with Gasteiger partial charge in [0.05, 0.1) is 6.61 Å². The Bertz CT molecular complexity index is 285. The molecule has 0 saturated heterocycles. The molecule has 1 rings (SSSR count). The topological polar surface area (TPSA) is 24.5 Å². The minimum Gasteiger partial charge on any atom is -0.383 e. The Morgan fingerprint density at radius 1 is 1.24 bits per heavy atom. The maximum absolute atomic E-state index is 5.35. The van der Waals surface area contributed by atoms with Crippen LogP contribution in [-0.2, 0) is 4.74 Å². The molecule has 0 radical (unpaired) electrons. The van der Waals surface area contributed by atoms with E-state index in [2.05, 4.69) is 51.9 Å². The molecule has 1 N–H and O–H groups in total. The third kappa shape index (κ3) is 5.88. The van der Waals surface area contributed by atoms with Gasteiger partial charge in [0.15, 0.2) is 0 Å². The molecule has 0 aliphatic heterocycles. The fourth-order valence-corrected chi connectivity index (χ4v) is 3.74. The summed E-state index contributed by atoms with van der Waals surface area (Å²) in [7, 11) is 3.93. The van der Waals surface area contributed by atoms with Crippen LogP contribution in [-0.4, -0.2) is 50.8 Å². The first kappa shape index (κ1) is 18.9. The molecule has 3 nitrogen and oxygen atoms in total. The van der Waals surface area contributed by atoms with Crippen molar-refractivity contribution in [2.24, 2.45) is 17.3 Å². The van der Waals surface area contributed by atoms with Crippen molar-refractivity contribution in [2.45, 2.75) is 66.0 Å². The second kappa shape index (κ2) is 8.50. The molecule has 21 heavy (non-hydrogen) atoms. The molecule has 3 heteroatoms. The second-order valence-corrected chi connectivity index (χ2v) is 8.22. The third-order valence-corrected chi connectivity index (χ3v) is 5.06. The van der Waals surface area contributed by atoms with E-state index < -0.39 is 0 Å². The maximum Gasteiger partial charge on any atom is 0.0589 e. The van der Waals surface area contributed by atoms with Crippen molar-refractivity contribution in [3.63, 3.8) is 0 Å². The van der Waals surface area contributed by atoms with Crippen molar-refractivity contribution in [1.29, 1.82) is 0 Å². The van der Waals surface area contributed by atoms with Crippen LogP contribution < -0.4 is 5.32 Å². The van der Waals surface area contributed by atoms with E-state index in [4.69, 9.17) is 4.74 Å². The van der Waals surface area contributed by atoms with Crippen LogP contribution >= 0.6 is 0 Å². The Balaban J connectivity index is 2.82. The van der Waals surface area contributed by atoms with Crippen LogP contribution in [0.3, 0.4) is 0 Å². The van der Waals surface area contributed by atoms with Crippen molar-refractivity contribution in [3.05, 3.63) is 0 Å². The van der Waals surface area contributed by atoms with Gasteiger partial charge in [0, 0.05) is 32.3 Å². The molecule has 0 aromatic heterocycles. The normalized spacial score (nSPS) is 27.6. The molecule has 0 spiro atoms. The minimum absolute atomic E-state index is 0.418. The number of hydrogen-bond acceptors (Lipinski definition) is 3. The van der Waals surface area contributed by atoms with Crippen LogP contribution in [0.4, 0.5) is 0 Å². The number of likely N-dealkylation sites (N-methyl/N-ethyl adjacent to an activating group) is 1. The molecule has 1 saturated carbocycles. The Hall–Kier alpha value is -0.120. The Morgan fingerprint density at radius 3 is 2.38 bits per heavy atom. The predicted molar refractivity (Wildman–Crippen MR) is 91.7 cm³/mol. The Morgan fingerprint density at radius 2 is 1.90 bits per heavy atom. The highest BCUT2D eigenvalue weighted by molar-refractivity contribution is 4.94. The SMILES string of the molecule is CNC1CCC(C(C)(C)C)CC1N(CCOC)CC(C)C. The van der Waals surface area contributed by atoms with Crippen LogP contribution in [0.25, 0.3) is 0 Å². The van der Waals surface area contributed by atoms with E-state index in [1.165, 1.54) is 25.8 Å². The molecule has 0 aromatic carbocycles. The zero-order chi connectivity index (χ0) is 16.0. The zero-order valence-corrected chi connectivity index (χ0v) is 15.4. The van der Waals surface area contributed by atoms with Gasteiger partial charge in [0.2, 0.25) is 0 Å². The minimum atomic E-state index is 0.418. The largest absolute Gasteiger partial charge is 0.383 e. The van der Waals surface area contributed by atoms with Crippen molar-refractivity contribution in [1.82, 2.24) is 10.2 Å². The van der Waals surface area contributed by atoms with Crippen LogP contribution in [0, 0.1) is 17.3 Å². The van der Waals surface area contributed by atoms with Gasteiger partial charge < -0.3 is 10.1 Å². The summed E-state index contributed by atoms with van der Waals surface area (Å²) in [5, 5.41) is 3.57. The summed E-state index contributed by atoms with van der Waals surface area (Å²) in [6, 6.07) is 1.27. The van der Waals surface area contributed by atoms with Gasteiger partial charge in [-0.05, 0) is 43.6 Å². The third-order valence-electron chi connectivity index (χ3n) is 5.06. The van der Waals surface area contributed by atoms with E-state index >= 15 is 0 Å². The molecular weight excluding hydrogens is 260 g/mol. The first-order valence-corrected chi connectivity index (χ1v) is 8.69. The van der Waals surface area contributed by atoms with Gasteiger partial charge in [-0.25, -0.2) is 0 Å². The summed E-state index contributed by atoms with van der Waals surface area (Å²) in [4.78, 5) is 2.67. The number of nitrogens with zero attached hydrogens (tertiary/aromatic N) is 1. The molecule has 126 valence electrons. The smallest absolute Gasteiger partial charge is 0.0589 e. The lowest BCUT2D eigenvalue weighted by atomic mass is 9.69. The zero-order valence-electron chi connectivity index (χ0n) is 15.4. The van der Waals surface area contributed by atoms with Crippen molar-refractivity contribution >= 4 is 0 Å². The summed E-state index contributed by atoms with van der Waals surface area (Å²) in [6.07, 6.45) is 3.96. The number of methoxy groups -OCH3 is 1. The van der Waals surface area contributed by atoms with Gasteiger partial charge in [-0.15, -0.1) is 0 Å². The van der Waals surface area contributed by atoms with Gasteiger partial charge in [0.1, 0.15) is 0 Å². The highest BCUT2D eigenvalue weighted by atomic mass is 16.5. The van der Waals surface area contributed by atoms with Gasteiger partial charge in [-0.3, -0.25) is 4.90 Å². The van der Waals surface area contributed by atoms with E-state index in [0.717, 1.165) is 19.1 Å². The lowest BCUT2D eigenvalue weighted by Gasteiger charge is -2.46. The highest BCUT2D eigenvalue weighted by Gasteiger charge is 2.37. The molecule has 1 aliphatic carbocycles. The first-order valence-electron chi connectivity index (χ1n) is 8.69. The lowest BCUT2D eigenvalue weighted by Crippen LogP contribution is -2.55. The fourth-order valence-electron chi connectivity index (χ4n) is 3.74. The van der Waals surface area contributed by atoms with Crippen LogP contribution in [0.2, 0.25) is 0 Å². The number of hydrogen-bond donors (Lipinski definition) is 1. The van der Waals surface area contributed by atoms with Crippen LogP contribution in [0.15, 0.2) is 0 Å². The van der Waals surface area contributed by atoms with Crippen molar-refractivity contribution < 1.29 is 4.74 Å². The Labute approximate surface area is 132 Å². The quantitative estimate of drug-likeness (QED) is 0.779. The summed E-state index contributed by atoms with van der Waals surface area (Å²) < 4.78 is 5.35. The first-order chi connectivity index (χ1) is 9.79.